The van der Waals surface area contributed by atoms with E-state index in [9.17, 15) is 18.0 Å². The molecule has 8 heteroatoms. The maximum Gasteiger partial charge on any atom is 0.522 e. The van der Waals surface area contributed by atoms with E-state index < -0.39 is 25.5 Å². The monoisotopic (exact) mass is 297 g/mol. The van der Waals surface area contributed by atoms with Crippen LogP contribution in [0.4, 0.5) is 18.9 Å². The van der Waals surface area contributed by atoms with Gasteiger partial charge in [0.1, 0.15) is 6.54 Å². The van der Waals surface area contributed by atoms with Crippen LogP contribution in [-0.4, -0.2) is 37.1 Å². The van der Waals surface area contributed by atoms with Gasteiger partial charge in [0.25, 0.3) is 0 Å². The molecule has 0 aliphatic carbocycles. The van der Waals surface area contributed by atoms with E-state index in [2.05, 4.69) is 4.74 Å². The lowest BCUT2D eigenvalue weighted by molar-refractivity contribution is -0.323. The Balaban J connectivity index is 2.66. The second-order valence-electron chi connectivity index (χ2n) is 3.59. The van der Waals surface area contributed by atoms with Crippen molar-refractivity contribution >= 4 is 23.3 Å². The molecular weight excluding hydrogens is 287 g/mol. The van der Waals surface area contributed by atoms with Crippen molar-refractivity contribution in [3.63, 3.8) is 0 Å². The molecule has 0 aromatic heterocycles. The van der Waals surface area contributed by atoms with E-state index in [0.717, 1.165) is 0 Å². The van der Waals surface area contributed by atoms with Crippen LogP contribution >= 0.6 is 11.6 Å². The van der Waals surface area contributed by atoms with Crippen molar-refractivity contribution in [2.24, 2.45) is 0 Å². The molecule has 0 amide bonds. The van der Waals surface area contributed by atoms with Crippen LogP contribution in [0.5, 0.6) is 0 Å². The third kappa shape index (κ3) is 6.30. The minimum Gasteiger partial charge on any atom is -0.480 e. The number of rotatable bonds is 6. The number of benzene rings is 1. The van der Waals surface area contributed by atoms with Gasteiger partial charge in [-0.2, -0.15) is 0 Å². The fourth-order valence-electron chi connectivity index (χ4n) is 1.39. The quantitative estimate of drug-likeness (QED) is 0.877. The van der Waals surface area contributed by atoms with Crippen molar-refractivity contribution in [2.75, 3.05) is 24.6 Å². The molecule has 0 aliphatic heterocycles. The molecule has 0 unspecified atom stereocenters. The van der Waals surface area contributed by atoms with Crippen LogP contribution in [0.25, 0.3) is 0 Å². The summed E-state index contributed by atoms with van der Waals surface area (Å²) in [4.78, 5) is 11.9. The predicted molar refractivity (Wildman–Crippen MR) is 63.3 cm³/mol. The molecule has 0 aliphatic rings. The van der Waals surface area contributed by atoms with Crippen molar-refractivity contribution in [1.82, 2.24) is 0 Å². The molecule has 0 saturated heterocycles. The number of hydrogen-bond donors (Lipinski definition) is 1. The highest BCUT2D eigenvalue weighted by atomic mass is 35.5. The Morgan fingerprint density at radius 2 is 1.89 bits per heavy atom. The molecule has 1 N–H and O–H groups in total. The summed E-state index contributed by atoms with van der Waals surface area (Å²) < 4.78 is 39.2. The Kier molecular flexibility index (Phi) is 5.44. The van der Waals surface area contributed by atoms with E-state index in [1.807, 2.05) is 0 Å². The summed E-state index contributed by atoms with van der Waals surface area (Å²) in [5.41, 5.74) is 0.456. The lowest BCUT2D eigenvalue weighted by Crippen LogP contribution is -2.34. The zero-order chi connectivity index (χ0) is 14.5. The predicted octanol–water partition coefficient (Wildman–Crippen LogP) is 2.77. The van der Waals surface area contributed by atoms with Crippen LogP contribution in [0, 0.1) is 0 Å². The fraction of sp³-hybridized carbons (Fsp3) is 0.364. The van der Waals surface area contributed by atoms with Gasteiger partial charge < -0.3 is 10.0 Å². The van der Waals surface area contributed by atoms with Crippen LogP contribution < -0.4 is 4.90 Å². The average Bonchev–Trinajstić information content (AvgIpc) is 2.26. The van der Waals surface area contributed by atoms with Crippen LogP contribution in [0.2, 0.25) is 5.02 Å². The number of anilines is 1. The molecule has 19 heavy (non-hydrogen) atoms. The number of halogens is 4. The van der Waals surface area contributed by atoms with Gasteiger partial charge in [-0.25, -0.2) is 0 Å². The van der Waals surface area contributed by atoms with Gasteiger partial charge in [0, 0.05) is 17.3 Å². The Bertz CT molecular complexity index is 422. The zero-order valence-corrected chi connectivity index (χ0v) is 10.4. The largest absolute Gasteiger partial charge is 0.522 e. The smallest absolute Gasteiger partial charge is 0.480 e. The number of carboxylic acid groups (broad SMARTS) is 1. The van der Waals surface area contributed by atoms with Crippen molar-refractivity contribution in [2.45, 2.75) is 6.36 Å². The average molecular weight is 298 g/mol. The second kappa shape index (κ2) is 6.63. The topological polar surface area (TPSA) is 49.8 Å². The first-order chi connectivity index (χ1) is 8.78. The van der Waals surface area contributed by atoms with Crippen molar-refractivity contribution in [1.29, 1.82) is 0 Å². The summed E-state index contributed by atoms with van der Waals surface area (Å²) in [6, 6.07) is 6.10. The van der Waals surface area contributed by atoms with Crippen LogP contribution in [0.1, 0.15) is 0 Å². The third-order valence-corrected chi connectivity index (χ3v) is 2.40. The number of aliphatic carboxylic acids is 1. The minimum atomic E-state index is -4.73. The molecular formula is C11H11ClF3NO3. The maximum absolute atomic E-state index is 11.8. The zero-order valence-electron chi connectivity index (χ0n) is 9.65. The first kappa shape index (κ1) is 15.6. The van der Waals surface area contributed by atoms with E-state index in [0.29, 0.717) is 10.7 Å². The fourth-order valence-corrected chi connectivity index (χ4v) is 1.51. The Labute approximate surface area is 112 Å². The second-order valence-corrected chi connectivity index (χ2v) is 4.02. The Hall–Kier alpha value is -1.47. The van der Waals surface area contributed by atoms with E-state index in [4.69, 9.17) is 16.7 Å². The molecule has 0 fully saturated rings. The first-order valence-electron chi connectivity index (χ1n) is 5.21. The summed E-state index contributed by atoms with van der Waals surface area (Å²) in [5.74, 6) is -1.15. The number of hydrogen-bond acceptors (Lipinski definition) is 3. The van der Waals surface area contributed by atoms with Gasteiger partial charge in [0.05, 0.1) is 6.61 Å². The van der Waals surface area contributed by atoms with Gasteiger partial charge in [-0.1, -0.05) is 11.6 Å². The molecule has 0 atom stereocenters. The highest BCUT2D eigenvalue weighted by molar-refractivity contribution is 6.30. The number of alkyl halides is 3. The molecule has 4 nitrogen and oxygen atoms in total. The van der Waals surface area contributed by atoms with E-state index in [-0.39, 0.29) is 6.54 Å². The van der Waals surface area contributed by atoms with Gasteiger partial charge >= 0.3 is 12.3 Å². The standard InChI is InChI=1S/C11H11ClF3NO3/c12-8-1-3-9(4-2-8)16(7-10(17)18)5-6-19-11(13,14)15/h1-4H,5-7H2,(H,17,18). The number of carboxylic acids is 1. The summed E-state index contributed by atoms with van der Waals surface area (Å²) >= 11 is 5.68. The van der Waals surface area contributed by atoms with Gasteiger partial charge in [-0.15, -0.1) is 13.2 Å². The molecule has 1 aromatic carbocycles. The Morgan fingerprint density at radius 1 is 1.32 bits per heavy atom. The van der Waals surface area contributed by atoms with Crippen molar-refractivity contribution in [3.05, 3.63) is 29.3 Å². The lowest BCUT2D eigenvalue weighted by atomic mass is 10.3. The van der Waals surface area contributed by atoms with Gasteiger partial charge in [-0.05, 0) is 24.3 Å². The minimum absolute atomic E-state index is 0.201. The number of ether oxygens (including phenoxy) is 1. The highest BCUT2D eigenvalue weighted by Crippen LogP contribution is 2.19. The van der Waals surface area contributed by atoms with Gasteiger partial charge in [-0.3, -0.25) is 9.53 Å². The number of carbonyl (C=O) groups is 1. The van der Waals surface area contributed by atoms with Crippen molar-refractivity contribution in [3.8, 4) is 0 Å². The number of nitrogens with zero attached hydrogens (tertiary/aromatic N) is 1. The first-order valence-corrected chi connectivity index (χ1v) is 5.59. The molecule has 0 heterocycles. The highest BCUT2D eigenvalue weighted by Gasteiger charge is 2.29. The summed E-state index contributed by atoms with van der Waals surface area (Å²) in [6.07, 6.45) is -4.73. The normalized spacial score (nSPS) is 11.4. The lowest BCUT2D eigenvalue weighted by Gasteiger charge is -2.23. The van der Waals surface area contributed by atoms with E-state index in [1.54, 1.807) is 0 Å². The molecule has 0 saturated carbocycles. The molecule has 106 valence electrons. The molecule has 1 aromatic rings. The van der Waals surface area contributed by atoms with E-state index in [1.165, 1.54) is 29.2 Å². The van der Waals surface area contributed by atoms with Gasteiger partial charge in [0.15, 0.2) is 0 Å². The van der Waals surface area contributed by atoms with E-state index >= 15 is 0 Å². The summed E-state index contributed by atoms with van der Waals surface area (Å²) in [5, 5.41) is 9.18. The Morgan fingerprint density at radius 3 is 2.37 bits per heavy atom. The summed E-state index contributed by atoms with van der Waals surface area (Å²) in [7, 11) is 0. The van der Waals surface area contributed by atoms with Crippen LogP contribution in [0.3, 0.4) is 0 Å². The van der Waals surface area contributed by atoms with Crippen molar-refractivity contribution < 1.29 is 27.8 Å². The van der Waals surface area contributed by atoms with Crippen LogP contribution in [-0.2, 0) is 9.53 Å². The SMILES string of the molecule is O=C(O)CN(CCOC(F)(F)F)c1ccc(Cl)cc1. The molecule has 0 radical (unpaired) electrons. The maximum atomic E-state index is 11.8. The summed E-state index contributed by atoms with van der Waals surface area (Å²) in [6.45, 7) is -1.28. The molecule has 0 bridgehead atoms. The van der Waals surface area contributed by atoms with Crippen LogP contribution in [0.15, 0.2) is 24.3 Å². The molecule has 1 rings (SSSR count). The third-order valence-electron chi connectivity index (χ3n) is 2.14. The van der Waals surface area contributed by atoms with Gasteiger partial charge in [0.2, 0.25) is 0 Å². The molecule has 0 spiro atoms.